The van der Waals surface area contributed by atoms with E-state index in [0.717, 1.165) is 25.3 Å². The fraction of sp³-hybridized carbons (Fsp3) is 0.273. The standard InChI is InChI=1S/C11H11ClO6S/c1-6(13)18-5-8-9(19(2,16)17)4-3-7(10(8)12)11(14)15/h3-4H,5H2,1-2H3,(H,14,15). The van der Waals surface area contributed by atoms with Crippen molar-refractivity contribution >= 4 is 33.4 Å². The van der Waals surface area contributed by atoms with Crippen molar-refractivity contribution < 1.29 is 27.9 Å². The number of carboxylic acids is 1. The van der Waals surface area contributed by atoms with E-state index in [4.69, 9.17) is 21.4 Å². The van der Waals surface area contributed by atoms with Crippen LogP contribution in [0, 0.1) is 0 Å². The second-order valence-electron chi connectivity index (χ2n) is 3.76. The first-order valence-electron chi connectivity index (χ1n) is 5.02. The third-order valence-electron chi connectivity index (χ3n) is 2.25. The molecule has 0 heterocycles. The Morgan fingerprint density at radius 3 is 2.37 bits per heavy atom. The monoisotopic (exact) mass is 306 g/mol. The van der Waals surface area contributed by atoms with E-state index >= 15 is 0 Å². The van der Waals surface area contributed by atoms with E-state index in [1.165, 1.54) is 0 Å². The van der Waals surface area contributed by atoms with Gasteiger partial charge in [0.05, 0.1) is 15.5 Å². The van der Waals surface area contributed by atoms with E-state index in [0.29, 0.717) is 0 Å². The van der Waals surface area contributed by atoms with E-state index in [2.05, 4.69) is 0 Å². The van der Waals surface area contributed by atoms with E-state index < -0.39 is 28.4 Å². The number of aromatic carboxylic acids is 1. The van der Waals surface area contributed by atoms with Crippen LogP contribution in [-0.4, -0.2) is 31.7 Å². The fourth-order valence-electron chi connectivity index (χ4n) is 1.42. The van der Waals surface area contributed by atoms with Crippen LogP contribution >= 0.6 is 11.6 Å². The summed E-state index contributed by atoms with van der Waals surface area (Å²) in [6, 6.07) is 2.22. The van der Waals surface area contributed by atoms with Crippen molar-refractivity contribution in [3.8, 4) is 0 Å². The van der Waals surface area contributed by atoms with Crippen LogP contribution in [0.3, 0.4) is 0 Å². The zero-order valence-electron chi connectivity index (χ0n) is 10.1. The van der Waals surface area contributed by atoms with Crippen LogP contribution < -0.4 is 0 Å². The lowest BCUT2D eigenvalue weighted by Gasteiger charge is -2.12. The summed E-state index contributed by atoms with van der Waals surface area (Å²) in [5.74, 6) is -1.93. The molecule has 0 spiro atoms. The maximum Gasteiger partial charge on any atom is 0.337 e. The molecule has 1 N–H and O–H groups in total. The number of halogens is 1. The normalized spacial score (nSPS) is 11.1. The van der Waals surface area contributed by atoms with Crippen molar-refractivity contribution in [2.24, 2.45) is 0 Å². The molecule has 0 saturated heterocycles. The van der Waals surface area contributed by atoms with Crippen LogP contribution in [0.15, 0.2) is 17.0 Å². The molecule has 0 amide bonds. The Morgan fingerprint density at radius 2 is 1.95 bits per heavy atom. The van der Waals surface area contributed by atoms with Gasteiger partial charge in [-0.25, -0.2) is 13.2 Å². The van der Waals surface area contributed by atoms with Crippen LogP contribution in [-0.2, 0) is 26.0 Å². The Balaban J connectivity index is 3.46. The third-order valence-corrected chi connectivity index (χ3v) is 3.86. The van der Waals surface area contributed by atoms with Gasteiger partial charge in [-0.3, -0.25) is 4.79 Å². The van der Waals surface area contributed by atoms with Crippen LogP contribution in [0.2, 0.25) is 5.02 Å². The molecular weight excluding hydrogens is 296 g/mol. The van der Waals surface area contributed by atoms with Crippen molar-refractivity contribution in [1.29, 1.82) is 0 Å². The molecule has 0 aromatic heterocycles. The van der Waals surface area contributed by atoms with Crippen LogP contribution in [0.4, 0.5) is 0 Å². The molecule has 1 rings (SSSR count). The van der Waals surface area contributed by atoms with Gasteiger partial charge < -0.3 is 9.84 Å². The van der Waals surface area contributed by atoms with Crippen molar-refractivity contribution in [2.45, 2.75) is 18.4 Å². The van der Waals surface area contributed by atoms with Gasteiger partial charge in [-0.05, 0) is 12.1 Å². The number of ether oxygens (including phenoxy) is 1. The van der Waals surface area contributed by atoms with Crippen molar-refractivity contribution in [1.82, 2.24) is 0 Å². The van der Waals surface area contributed by atoms with Crippen molar-refractivity contribution in [3.05, 3.63) is 28.3 Å². The van der Waals surface area contributed by atoms with Gasteiger partial charge >= 0.3 is 11.9 Å². The predicted octanol–water partition coefficient (Wildman–Crippen LogP) is 1.50. The van der Waals surface area contributed by atoms with E-state index in [1.807, 2.05) is 0 Å². The molecule has 0 aliphatic heterocycles. The lowest BCUT2D eigenvalue weighted by Crippen LogP contribution is -2.10. The third kappa shape index (κ3) is 3.68. The van der Waals surface area contributed by atoms with Crippen LogP contribution in [0.25, 0.3) is 0 Å². The zero-order valence-corrected chi connectivity index (χ0v) is 11.7. The zero-order chi connectivity index (χ0) is 14.8. The molecule has 19 heavy (non-hydrogen) atoms. The molecule has 0 radical (unpaired) electrons. The van der Waals surface area contributed by atoms with E-state index in [1.54, 1.807) is 0 Å². The Hall–Kier alpha value is -1.60. The molecule has 0 bridgehead atoms. The number of carbonyl (C=O) groups is 2. The Morgan fingerprint density at radius 1 is 1.37 bits per heavy atom. The fourth-order valence-corrected chi connectivity index (χ4v) is 2.70. The minimum atomic E-state index is -3.62. The molecule has 0 atom stereocenters. The maximum absolute atomic E-state index is 11.6. The minimum absolute atomic E-state index is 0.0423. The second-order valence-corrected chi connectivity index (χ2v) is 6.12. The Labute approximate surface area is 114 Å². The summed E-state index contributed by atoms with van der Waals surface area (Å²) in [5.41, 5.74) is -0.296. The molecular formula is C11H11ClO6S. The molecule has 104 valence electrons. The molecule has 0 unspecified atom stereocenters. The van der Waals surface area contributed by atoms with Gasteiger partial charge in [0, 0.05) is 18.7 Å². The lowest BCUT2D eigenvalue weighted by atomic mass is 10.1. The summed E-state index contributed by atoms with van der Waals surface area (Å²) in [6.07, 6.45) is 0.955. The first-order chi connectivity index (χ1) is 8.64. The smallest absolute Gasteiger partial charge is 0.337 e. The molecule has 1 aromatic rings. The molecule has 8 heteroatoms. The number of rotatable bonds is 4. The quantitative estimate of drug-likeness (QED) is 0.847. The average Bonchev–Trinajstić information content (AvgIpc) is 2.24. The molecule has 6 nitrogen and oxygen atoms in total. The van der Waals surface area contributed by atoms with Crippen molar-refractivity contribution in [3.63, 3.8) is 0 Å². The summed E-state index contributed by atoms with van der Waals surface area (Å²) in [6.45, 7) is 0.743. The van der Waals surface area contributed by atoms with E-state index in [-0.39, 0.29) is 21.0 Å². The van der Waals surface area contributed by atoms with Gasteiger partial charge in [0.25, 0.3) is 0 Å². The lowest BCUT2D eigenvalue weighted by molar-refractivity contribution is -0.142. The first kappa shape index (κ1) is 15.5. The molecule has 0 fully saturated rings. The highest BCUT2D eigenvalue weighted by Crippen LogP contribution is 2.28. The number of esters is 1. The van der Waals surface area contributed by atoms with Gasteiger partial charge in [0.15, 0.2) is 9.84 Å². The number of carboxylic acid groups (broad SMARTS) is 1. The Kier molecular flexibility index (Phi) is 4.54. The van der Waals surface area contributed by atoms with Crippen LogP contribution in [0.5, 0.6) is 0 Å². The van der Waals surface area contributed by atoms with E-state index in [9.17, 15) is 18.0 Å². The number of benzene rings is 1. The molecule has 0 saturated carbocycles. The average molecular weight is 307 g/mol. The minimum Gasteiger partial charge on any atom is -0.478 e. The highest BCUT2D eigenvalue weighted by atomic mass is 35.5. The Bertz CT molecular complexity index is 635. The maximum atomic E-state index is 11.6. The highest BCUT2D eigenvalue weighted by Gasteiger charge is 2.22. The number of carbonyl (C=O) groups excluding carboxylic acids is 1. The molecule has 1 aromatic carbocycles. The summed E-state index contributed by atoms with van der Waals surface area (Å²) >= 11 is 5.86. The SMILES string of the molecule is CC(=O)OCc1c(S(C)(=O)=O)ccc(C(=O)O)c1Cl. The summed E-state index contributed by atoms with van der Waals surface area (Å²) in [5, 5.41) is 8.67. The van der Waals surface area contributed by atoms with Gasteiger partial charge in [-0.15, -0.1) is 0 Å². The predicted molar refractivity (Wildman–Crippen MR) is 67.0 cm³/mol. The van der Waals surface area contributed by atoms with Gasteiger partial charge in [-0.2, -0.15) is 0 Å². The first-order valence-corrected chi connectivity index (χ1v) is 7.29. The summed E-state index contributed by atoms with van der Waals surface area (Å²) < 4.78 is 27.9. The number of hydrogen-bond acceptors (Lipinski definition) is 5. The van der Waals surface area contributed by atoms with Gasteiger partial charge in [0.2, 0.25) is 0 Å². The largest absolute Gasteiger partial charge is 0.478 e. The second kappa shape index (κ2) is 5.58. The topological polar surface area (TPSA) is 97.7 Å². The summed E-state index contributed by atoms with van der Waals surface area (Å²) in [4.78, 5) is 21.5. The highest BCUT2D eigenvalue weighted by molar-refractivity contribution is 7.90. The summed E-state index contributed by atoms with van der Waals surface area (Å²) in [7, 11) is -3.62. The molecule has 0 aliphatic carbocycles. The number of sulfone groups is 1. The van der Waals surface area contributed by atoms with Crippen molar-refractivity contribution in [2.75, 3.05) is 6.26 Å². The van der Waals surface area contributed by atoms with Gasteiger partial charge in [-0.1, -0.05) is 11.6 Å². The van der Waals surface area contributed by atoms with Crippen LogP contribution in [0.1, 0.15) is 22.8 Å². The molecule has 0 aliphatic rings. The van der Waals surface area contributed by atoms with Gasteiger partial charge in [0.1, 0.15) is 6.61 Å². The number of hydrogen-bond donors (Lipinski definition) is 1.